The fourth-order valence-corrected chi connectivity index (χ4v) is 3.86. The number of benzene rings is 3. The van der Waals surface area contributed by atoms with Gasteiger partial charge in [-0.15, -0.1) is 12.3 Å². The van der Waals surface area contributed by atoms with E-state index in [9.17, 15) is 24.6 Å². The maximum atomic E-state index is 12.9. The topological polar surface area (TPSA) is 129 Å². The number of phenols is 1. The van der Waals surface area contributed by atoms with Crippen LogP contribution in [-0.4, -0.2) is 27.9 Å². The van der Waals surface area contributed by atoms with E-state index in [1.54, 1.807) is 66.7 Å². The summed E-state index contributed by atoms with van der Waals surface area (Å²) < 4.78 is 5.82. The van der Waals surface area contributed by atoms with Crippen molar-refractivity contribution in [1.82, 2.24) is 0 Å². The Hall–Kier alpha value is -5.29. The normalized spacial score (nSPS) is 10.4. The molecule has 1 aromatic heterocycles. The molecule has 0 aliphatic rings. The molecule has 4 N–H and O–H groups in total. The summed E-state index contributed by atoms with van der Waals surface area (Å²) in [6.45, 7) is 0.368. The molecule has 0 radical (unpaired) electrons. The maximum Gasteiger partial charge on any atom is 0.339 e. The van der Waals surface area contributed by atoms with E-state index >= 15 is 0 Å². The third kappa shape index (κ3) is 6.93. The number of anilines is 2. The second-order valence-corrected chi connectivity index (χ2v) is 8.75. The summed E-state index contributed by atoms with van der Waals surface area (Å²) in [5.74, 6) is 1.81. The van der Waals surface area contributed by atoms with Crippen molar-refractivity contribution in [3.63, 3.8) is 0 Å². The Morgan fingerprint density at radius 1 is 0.872 bits per heavy atom. The van der Waals surface area contributed by atoms with Crippen LogP contribution in [0.3, 0.4) is 0 Å². The van der Waals surface area contributed by atoms with Crippen LogP contribution in [-0.2, 0) is 11.3 Å². The van der Waals surface area contributed by atoms with Gasteiger partial charge in [-0.3, -0.25) is 9.59 Å². The van der Waals surface area contributed by atoms with Crippen molar-refractivity contribution in [3.05, 3.63) is 101 Å². The highest BCUT2D eigenvalue weighted by Crippen LogP contribution is 2.28. The molecule has 0 saturated carbocycles. The number of furan rings is 1. The Labute approximate surface area is 225 Å². The molecule has 0 aliphatic carbocycles. The van der Waals surface area contributed by atoms with E-state index in [0.29, 0.717) is 59.7 Å². The minimum absolute atomic E-state index is 0.120. The number of carbonyl (C=O) groups is 3. The number of hydrogen-bond acceptors (Lipinski definition) is 6. The van der Waals surface area contributed by atoms with Crippen LogP contribution in [0.25, 0.3) is 11.3 Å². The summed E-state index contributed by atoms with van der Waals surface area (Å²) in [5.41, 5.74) is 2.76. The van der Waals surface area contributed by atoms with Crippen LogP contribution in [0.5, 0.6) is 5.75 Å². The first kappa shape index (κ1) is 26.8. The maximum absolute atomic E-state index is 12.9. The van der Waals surface area contributed by atoms with E-state index in [0.717, 1.165) is 5.69 Å². The van der Waals surface area contributed by atoms with Gasteiger partial charge in [0.05, 0.1) is 6.54 Å². The second kappa shape index (κ2) is 12.3. The fourth-order valence-electron chi connectivity index (χ4n) is 3.86. The van der Waals surface area contributed by atoms with Crippen LogP contribution in [0.15, 0.2) is 83.3 Å². The van der Waals surface area contributed by atoms with E-state index < -0.39 is 5.97 Å². The average molecular weight is 523 g/mol. The molecular formula is C31H26N2O6. The van der Waals surface area contributed by atoms with Gasteiger partial charge in [0, 0.05) is 40.9 Å². The molecule has 0 unspecified atom stereocenters. The van der Waals surface area contributed by atoms with Gasteiger partial charge in [0.1, 0.15) is 22.8 Å². The molecule has 0 bridgehead atoms. The Bertz CT molecular complexity index is 1530. The van der Waals surface area contributed by atoms with E-state index in [4.69, 9.17) is 10.8 Å². The van der Waals surface area contributed by atoms with Crippen molar-refractivity contribution in [2.24, 2.45) is 0 Å². The molecule has 0 saturated heterocycles. The lowest BCUT2D eigenvalue weighted by Gasteiger charge is -2.08. The van der Waals surface area contributed by atoms with Gasteiger partial charge in [-0.1, -0.05) is 0 Å². The van der Waals surface area contributed by atoms with Crippen LogP contribution >= 0.6 is 0 Å². The molecule has 0 aliphatic heterocycles. The summed E-state index contributed by atoms with van der Waals surface area (Å²) in [6.07, 6.45) is 6.72. The smallest absolute Gasteiger partial charge is 0.339 e. The fraction of sp³-hybridized carbons (Fsp3) is 0.129. The highest BCUT2D eigenvalue weighted by atomic mass is 16.4. The number of hydrogen-bond donors (Lipinski definition) is 4. The summed E-state index contributed by atoms with van der Waals surface area (Å²) >= 11 is 0. The monoisotopic (exact) mass is 522 g/mol. The highest BCUT2D eigenvalue weighted by molar-refractivity contribution is 6.09. The molecule has 39 heavy (non-hydrogen) atoms. The number of nitrogens with one attached hydrogen (secondary N) is 2. The Balaban J connectivity index is 1.32. The van der Waals surface area contributed by atoms with Crippen LogP contribution < -0.4 is 10.6 Å². The first-order valence-electron chi connectivity index (χ1n) is 12.2. The number of terminal acetylenes is 1. The van der Waals surface area contributed by atoms with Crippen LogP contribution in [0.2, 0.25) is 0 Å². The first-order chi connectivity index (χ1) is 18.8. The molecule has 4 rings (SSSR count). The van der Waals surface area contributed by atoms with Gasteiger partial charge >= 0.3 is 5.97 Å². The number of aromatic carboxylic acids is 1. The van der Waals surface area contributed by atoms with Crippen molar-refractivity contribution in [3.8, 4) is 29.4 Å². The largest absolute Gasteiger partial charge is 0.507 e. The molecular weight excluding hydrogens is 496 g/mol. The quantitative estimate of drug-likeness (QED) is 0.109. The number of carboxylic acids is 1. The predicted molar refractivity (Wildman–Crippen MR) is 148 cm³/mol. The third-order valence-corrected chi connectivity index (χ3v) is 5.94. The number of unbranched alkanes of at least 4 members (excludes halogenated alkanes) is 1. The molecule has 1 heterocycles. The number of aromatic hydroxyl groups is 1. The van der Waals surface area contributed by atoms with E-state index in [2.05, 4.69) is 16.6 Å². The molecule has 0 fully saturated rings. The second-order valence-electron chi connectivity index (χ2n) is 8.75. The highest BCUT2D eigenvalue weighted by Gasteiger charge is 2.14. The van der Waals surface area contributed by atoms with Gasteiger partial charge in [-0.25, -0.2) is 4.79 Å². The van der Waals surface area contributed by atoms with Crippen molar-refractivity contribution in [2.45, 2.75) is 25.8 Å². The molecule has 3 aromatic carbocycles. The Kier molecular flexibility index (Phi) is 8.44. The van der Waals surface area contributed by atoms with Gasteiger partial charge < -0.3 is 25.3 Å². The van der Waals surface area contributed by atoms with Gasteiger partial charge in [0.2, 0.25) is 5.91 Å². The van der Waals surface area contributed by atoms with Crippen molar-refractivity contribution in [2.75, 3.05) is 10.6 Å². The van der Waals surface area contributed by atoms with Crippen LogP contribution in [0, 0.1) is 12.3 Å². The lowest BCUT2D eigenvalue weighted by atomic mass is 10.0. The Morgan fingerprint density at radius 2 is 1.54 bits per heavy atom. The van der Waals surface area contributed by atoms with E-state index in [1.807, 2.05) is 0 Å². The van der Waals surface area contributed by atoms with Gasteiger partial charge in [0.25, 0.3) is 0 Å². The molecule has 4 aromatic rings. The SMILES string of the molecule is C#CCCCC(=O)Nc1ccc(C(=O)c2ccc(NCc3ccc(-c4ccc(O)c(C(=O)O)c4)o3)cc2)cc1. The summed E-state index contributed by atoms with van der Waals surface area (Å²) in [4.78, 5) is 36.1. The number of carbonyl (C=O) groups excluding carboxylic acids is 2. The average Bonchev–Trinajstić information content (AvgIpc) is 3.41. The molecule has 8 heteroatoms. The van der Waals surface area contributed by atoms with Gasteiger partial charge in [-0.05, 0) is 85.3 Å². The third-order valence-electron chi connectivity index (χ3n) is 5.94. The number of ketones is 1. The molecule has 8 nitrogen and oxygen atoms in total. The zero-order chi connectivity index (χ0) is 27.8. The summed E-state index contributed by atoms with van der Waals surface area (Å²) in [5, 5.41) is 24.9. The molecule has 1 amide bonds. The molecule has 0 atom stereocenters. The zero-order valence-electron chi connectivity index (χ0n) is 20.9. The van der Waals surface area contributed by atoms with E-state index in [1.165, 1.54) is 12.1 Å². The van der Waals surface area contributed by atoms with E-state index in [-0.39, 0.29) is 23.0 Å². The zero-order valence-corrected chi connectivity index (χ0v) is 20.9. The van der Waals surface area contributed by atoms with Gasteiger partial charge in [0.15, 0.2) is 5.78 Å². The lowest BCUT2D eigenvalue weighted by molar-refractivity contribution is -0.116. The minimum atomic E-state index is -1.22. The molecule has 196 valence electrons. The van der Waals surface area contributed by atoms with Crippen LogP contribution in [0.1, 0.15) is 51.3 Å². The van der Waals surface area contributed by atoms with Crippen molar-refractivity contribution >= 4 is 29.0 Å². The number of rotatable bonds is 11. The van der Waals surface area contributed by atoms with Gasteiger partial charge in [-0.2, -0.15) is 0 Å². The molecule has 0 spiro atoms. The lowest BCUT2D eigenvalue weighted by Crippen LogP contribution is -2.11. The van der Waals surface area contributed by atoms with Crippen molar-refractivity contribution < 1.29 is 29.0 Å². The first-order valence-corrected chi connectivity index (χ1v) is 12.2. The standard InChI is InChI=1S/C31H26N2O6/c1-2-3-4-5-29(35)33-24-13-8-21(9-14-24)30(36)20-6-11-23(12-7-20)32-19-25-15-17-28(39-25)22-10-16-27(34)26(18-22)31(37)38/h1,6-18,32,34H,3-5,19H2,(H,33,35)(H,37,38). The number of carboxylic acid groups (broad SMARTS) is 1. The summed E-state index contributed by atoms with van der Waals surface area (Å²) in [6, 6.07) is 21.5. The minimum Gasteiger partial charge on any atom is -0.507 e. The van der Waals surface area contributed by atoms with Crippen molar-refractivity contribution in [1.29, 1.82) is 0 Å². The Morgan fingerprint density at radius 3 is 2.18 bits per heavy atom. The van der Waals surface area contributed by atoms with Crippen LogP contribution in [0.4, 0.5) is 11.4 Å². The number of amides is 1. The summed E-state index contributed by atoms with van der Waals surface area (Å²) in [7, 11) is 0. The predicted octanol–water partition coefficient (Wildman–Crippen LogP) is 5.94.